The van der Waals surface area contributed by atoms with Crippen molar-refractivity contribution in [3.63, 3.8) is 0 Å². The van der Waals surface area contributed by atoms with Crippen LogP contribution in [-0.2, 0) is 4.79 Å². The second kappa shape index (κ2) is 5.65. The zero-order chi connectivity index (χ0) is 13.9. The fourth-order valence-corrected chi connectivity index (χ4v) is 3.03. The van der Waals surface area contributed by atoms with Crippen LogP contribution in [0.25, 0.3) is 0 Å². The van der Waals surface area contributed by atoms with Crippen LogP contribution in [0.4, 0.5) is 5.69 Å². The van der Waals surface area contributed by atoms with Crippen LogP contribution in [0, 0.1) is 5.92 Å². The van der Waals surface area contributed by atoms with Crippen LogP contribution in [0.2, 0.25) is 0 Å². The first kappa shape index (κ1) is 13.2. The second-order valence-electron chi connectivity index (χ2n) is 5.71. The standard InChI is InChI=1S/C16H20N2O2/c19-16(11-12-5-3-6-12)18-10-4-8-14(17-20)13-7-1-2-9-15(13)18/h1-2,7,9,12,20H,3-6,8,10-11H2/b17-14-. The van der Waals surface area contributed by atoms with E-state index in [2.05, 4.69) is 5.16 Å². The molecular weight excluding hydrogens is 252 g/mol. The molecule has 3 rings (SSSR count). The number of fused-ring (bicyclic) bond motifs is 1. The van der Waals surface area contributed by atoms with Crippen molar-refractivity contribution in [1.82, 2.24) is 0 Å². The van der Waals surface area contributed by atoms with Gasteiger partial charge in [-0.05, 0) is 37.7 Å². The Hall–Kier alpha value is -1.84. The molecule has 0 spiro atoms. The van der Waals surface area contributed by atoms with Crippen molar-refractivity contribution in [2.45, 2.75) is 38.5 Å². The van der Waals surface area contributed by atoms with Gasteiger partial charge in [0.25, 0.3) is 0 Å². The molecule has 1 N–H and O–H groups in total. The number of carbonyl (C=O) groups excluding carboxylic acids is 1. The Morgan fingerprint density at radius 2 is 2.10 bits per heavy atom. The maximum Gasteiger partial charge on any atom is 0.227 e. The van der Waals surface area contributed by atoms with E-state index in [1.165, 1.54) is 19.3 Å². The number of carbonyl (C=O) groups is 1. The van der Waals surface area contributed by atoms with E-state index in [9.17, 15) is 4.79 Å². The molecule has 0 aromatic heterocycles. The zero-order valence-electron chi connectivity index (χ0n) is 11.6. The summed E-state index contributed by atoms with van der Waals surface area (Å²) >= 11 is 0. The summed E-state index contributed by atoms with van der Waals surface area (Å²) in [5.74, 6) is 0.783. The van der Waals surface area contributed by atoms with Gasteiger partial charge in [0.2, 0.25) is 5.91 Å². The van der Waals surface area contributed by atoms with Crippen molar-refractivity contribution in [3.05, 3.63) is 29.8 Å². The van der Waals surface area contributed by atoms with E-state index in [-0.39, 0.29) is 5.91 Å². The molecule has 1 aliphatic heterocycles. The molecule has 0 saturated heterocycles. The van der Waals surface area contributed by atoms with Crippen LogP contribution in [0.5, 0.6) is 0 Å². The molecule has 0 bridgehead atoms. The van der Waals surface area contributed by atoms with E-state index >= 15 is 0 Å². The van der Waals surface area contributed by atoms with Crippen molar-refractivity contribution < 1.29 is 10.0 Å². The number of nitrogens with zero attached hydrogens (tertiary/aromatic N) is 2. The summed E-state index contributed by atoms with van der Waals surface area (Å²) in [5.41, 5.74) is 2.45. The number of benzene rings is 1. The largest absolute Gasteiger partial charge is 0.411 e. The van der Waals surface area contributed by atoms with Crippen LogP contribution in [0.3, 0.4) is 0 Å². The van der Waals surface area contributed by atoms with E-state index in [0.29, 0.717) is 31.0 Å². The topological polar surface area (TPSA) is 52.9 Å². The highest BCUT2D eigenvalue weighted by atomic mass is 16.4. The van der Waals surface area contributed by atoms with Gasteiger partial charge in [-0.25, -0.2) is 0 Å². The van der Waals surface area contributed by atoms with Gasteiger partial charge >= 0.3 is 0 Å². The van der Waals surface area contributed by atoms with Crippen LogP contribution in [0.1, 0.15) is 44.1 Å². The average molecular weight is 272 g/mol. The fourth-order valence-electron chi connectivity index (χ4n) is 3.03. The van der Waals surface area contributed by atoms with Crippen LogP contribution >= 0.6 is 0 Å². The first-order chi connectivity index (χ1) is 9.79. The Balaban J connectivity index is 1.88. The second-order valence-corrected chi connectivity index (χ2v) is 5.71. The molecule has 2 aliphatic rings. The van der Waals surface area contributed by atoms with Crippen molar-refractivity contribution in [1.29, 1.82) is 0 Å². The van der Waals surface area contributed by atoms with Crippen molar-refractivity contribution >= 4 is 17.3 Å². The van der Waals surface area contributed by atoms with Gasteiger partial charge in [0.05, 0.1) is 11.4 Å². The molecule has 20 heavy (non-hydrogen) atoms. The van der Waals surface area contributed by atoms with Crippen LogP contribution < -0.4 is 4.90 Å². The summed E-state index contributed by atoms with van der Waals surface area (Å²) in [5, 5.41) is 12.6. The molecule has 1 aliphatic carbocycles. The smallest absolute Gasteiger partial charge is 0.227 e. The summed E-state index contributed by atoms with van der Waals surface area (Å²) in [4.78, 5) is 14.4. The maximum absolute atomic E-state index is 12.5. The van der Waals surface area contributed by atoms with E-state index in [0.717, 1.165) is 17.7 Å². The molecule has 0 unspecified atom stereocenters. The van der Waals surface area contributed by atoms with Crippen LogP contribution in [-0.4, -0.2) is 23.4 Å². The minimum atomic E-state index is 0.210. The molecule has 4 heteroatoms. The molecule has 106 valence electrons. The number of anilines is 1. The lowest BCUT2D eigenvalue weighted by Crippen LogP contribution is -2.34. The lowest BCUT2D eigenvalue weighted by Gasteiger charge is -2.29. The van der Waals surface area contributed by atoms with E-state index in [1.54, 1.807) is 0 Å². The van der Waals surface area contributed by atoms with Gasteiger partial charge in [0, 0.05) is 18.5 Å². The Morgan fingerprint density at radius 3 is 2.80 bits per heavy atom. The van der Waals surface area contributed by atoms with E-state index < -0.39 is 0 Å². The quantitative estimate of drug-likeness (QED) is 0.664. The lowest BCUT2D eigenvalue weighted by atomic mass is 9.82. The Labute approximate surface area is 119 Å². The predicted octanol–water partition coefficient (Wildman–Crippen LogP) is 3.18. The van der Waals surface area contributed by atoms with Crippen molar-refractivity contribution in [2.75, 3.05) is 11.4 Å². The average Bonchev–Trinajstić information content (AvgIpc) is 2.62. The SMILES string of the molecule is O=C(CC1CCC1)N1CCC/C(=N/O)c2ccccc21. The molecular formula is C16H20N2O2. The van der Waals surface area contributed by atoms with Gasteiger partial charge < -0.3 is 10.1 Å². The van der Waals surface area contributed by atoms with Gasteiger partial charge in [-0.3, -0.25) is 4.79 Å². The maximum atomic E-state index is 12.5. The monoisotopic (exact) mass is 272 g/mol. The van der Waals surface area contributed by atoms with Crippen LogP contribution in [0.15, 0.2) is 29.4 Å². The third-order valence-electron chi connectivity index (χ3n) is 4.41. The zero-order valence-corrected chi connectivity index (χ0v) is 11.6. The Bertz CT molecular complexity index is 535. The summed E-state index contributed by atoms with van der Waals surface area (Å²) in [7, 11) is 0. The lowest BCUT2D eigenvalue weighted by molar-refractivity contribution is -0.120. The first-order valence-corrected chi connectivity index (χ1v) is 7.40. The molecule has 0 atom stereocenters. The summed E-state index contributed by atoms with van der Waals surface area (Å²) in [6.07, 6.45) is 5.83. The molecule has 0 radical (unpaired) electrons. The minimum absolute atomic E-state index is 0.210. The van der Waals surface area contributed by atoms with Gasteiger partial charge in [0.1, 0.15) is 0 Å². The summed E-state index contributed by atoms with van der Waals surface area (Å²) in [6, 6.07) is 7.73. The Kier molecular flexibility index (Phi) is 3.72. The summed E-state index contributed by atoms with van der Waals surface area (Å²) < 4.78 is 0. The molecule has 1 fully saturated rings. The number of hydrogen-bond donors (Lipinski definition) is 1. The number of hydrogen-bond acceptors (Lipinski definition) is 3. The van der Waals surface area contributed by atoms with Crippen molar-refractivity contribution in [2.24, 2.45) is 11.1 Å². The van der Waals surface area contributed by atoms with Gasteiger partial charge in [-0.2, -0.15) is 0 Å². The molecule has 1 aromatic carbocycles. The van der Waals surface area contributed by atoms with Crippen molar-refractivity contribution in [3.8, 4) is 0 Å². The molecule has 1 saturated carbocycles. The van der Waals surface area contributed by atoms with Gasteiger partial charge in [-0.15, -0.1) is 0 Å². The summed E-state index contributed by atoms with van der Waals surface area (Å²) in [6.45, 7) is 0.710. The highest BCUT2D eigenvalue weighted by Gasteiger charge is 2.27. The number of oxime groups is 1. The molecule has 1 aromatic rings. The van der Waals surface area contributed by atoms with E-state index in [4.69, 9.17) is 5.21 Å². The highest BCUT2D eigenvalue weighted by Crippen LogP contribution is 2.32. The third-order valence-corrected chi connectivity index (χ3v) is 4.41. The fraction of sp³-hybridized carbons (Fsp3) is 0.500. The highest BCUT2D eigenvalue weighted by molar-refractivity contribution is 6.09. The predicted molar refractivity (Wildman–Crippen MR) is 78.3 cm³/mol. The first-order valence-electron chi connectivity index (χ1n) is 7.40. The number of amides is 1. The molecule has 1 amide bonds. The van der Waals surface area contributed by atoms with Gasteiger partial charge in [0.15, 0.2) is 0 Å². The Morgan fingerprint density at radius 1 is 1.30 bits per heavy atom. The molecule has 4 nitrogen and oxygen atoms in total. The van der Waals surface area contributed by atoms with E-state index in [1.807, 2.05) is 29.2 Å². The number of para-hydroxylation sites is 1. The van der Waals surface area contributed by atoms with Gasteiger partial charge in [-0.1, -0.05) is 29.8 Å². The minimum Gasteiger partial charge on any atom is -0.411 e. The number of rotatable bonds is 2. The normalized spacial score (nSPS) is 21.2. The molecule has 1 heterocycles. The third kappa shape index (κ3) is 2.42.